The van der Waals surface area contributed by atoms with Crippen molar-refractivity contribution in [1.29, 1.82) is 0 Å². The molecule has 11 heteroatoms. The molecule has 0 aliphatic carbocycles. The van der Waals surface area contributed by atoms with Crippen molar-refractivity contribution in [2.75, 3.05) is 23.4 Å². The highest BCUT2D eigenvalue weighted by Gasteiger charge is 2.42. The molecule has 2 aromatic rings. The highest BCUT2D eigenvalue weighted by molar-refractivity contribution is 8.26. The lowest BCUT2D eigenvalue weighted by molar-refractivity contribution is -0.123. The van der Waals surface area contributed by atoms with Crippen LogP contribution >= 0.6 is 24.0 Å². The van der Waals surface area contributed by atoms with Crippen molar-refractivity contribution < 1.29 is 13.2 Å². The molecule has 0 spiro atoms. The second-order valence-corrected chi connectivity index (χ2v) is 11.2. The summed E-state index contributed by atoms with van der Waals surface area (Å²) in [5.41, 5.74) is 1.25. The molecule has 2 saturated heterocycles. The van der Waals surface area contributed by atoms with Crippen molar-refractivity contribution in [3.63, 3.8) is 0 Å². The van der Waals surface area contributed by atoms with E-state index in [1.807, 2.05) is 13.0 Å². The fourth-order valence-corrected chi connectivity index (χ4v) is 6.73. The van der Waals surface area contributed by atoms with Gasteiger partial charge in [-0.3, -0.25) is 18.9 Å². The number of thioether (sulfide) groups is 1. The Morgan fingerprint density at radius 3 is 2.87 bits per heavy atom. The fraction of sp³-hybridized carbons (Fsp3) is 0.300. The smallest absolute Gasteiger partial charge is 0.267 e. The Kier molecular flexibility index (Phi) is 5.75. The number of fused-ring (bicyclic) bond motifs is 1. The molecule has 0 saturated carbocycles. The van der Waals surface area contributed by atoms with E-state index in [0.717, 1.165) is 17.3 Å². The number of sulfone groups is 1. The topological polar surface area (TPSA) is 101 Å². The minimum absolute atomic E-state index is 0.0404. The molecule has 31 heavy (non-hydrogen) atoms. The predicted octanol–water partition coefficient (Wildman–Crippen LogP) is 1.99. The first-order valence-electron chi connectivity index (χ1n) is 9.56. The molecule has 2 fully saturated rings. The third kappa shape index (κ3) is 4.04. The third-order valence-corrected chi connectivity index (χ3v) is 8.25. The number of anilines is 1. The Balaban J connectivity index is 1.79. The summed E-state index contributed by atoms with van der Waals surface area (Å²) < 4.78 is 25.4. The largest absolute Gasteiger partial charge is 0.366 e. The maximum absolute atomic E-state index is 13.2. The average molecular weight is 477 g/mol. The van der Waals surface area contributed by atoms with Crippen molar-refractivity contribution in [2.24, 2.45) is 0 Å². The summed E-state index contributed by atoms with van der Waals surface area (Å²) in [6.07, 6.45) is 5.11. The maximum Gasteiger partial charge on any atom is 0.267 e. The highest BCUT2D eigenvalue weighted by Crippen LogP contribution is 2.36. The van der Waals surface area contributed by atoms with E-state index >= 15 is 0 Å². The van der Waals surface area contributed by atoms with Gasteiger partial charge in [0.15, 0.2) is 9.84 Å². The van der Waals surface area contributed by atoms with Crippen molar-refractivity contribution in [2.45, 2.75) is 19.4 Å². The van der Waals surface area contributed by atoms with Crippen LogP contribution in [0.2, 0.25) is 0 Å². The number of thiocarbonyl (C=S) groups is 1. The first-order chi connectivity index (χ1) is 14.7. The maximum atomic E-state index is 13.2. The SMILES string of the molecule is C=CCNc1nc2c(C)cccn2c(=O)c1C=C1SC(=S)N(C2CCS(=O)(=O)C2)C1=O. The lowest BCUT2D eigenvalue weighted by atomic mass is 10.2. The summed E-state index contributed by atoms with van der Waals surface area (Å²) in [7, 11) is -3.17. The first-order valence-corrected chi connectivity index (χ1v) is 12.6. The van der Waals surface area contributed by atoms with Crippen LogP contribution in [0, 0.1) is 6.92 Å². The van der Waals surface area contributed by atoms with E-state index in [1.165, 1.54) is 15.4 Å². The van der Waals surface area contributed by atoms with Crippen LogP contribution in [0.1, 0.15) is 17.5 Å². The summed E-state index contributed by atoms with van der Waals surface area (Å²) in [5, 5.41) is 3.07. The normalized spacial score (nSPS) is 21.9. The molecular weight excluding hydrogens is 456 g/mol. The Bertz CT molecular complexity index is 1310. The molecule has 0 bridgehead atoms. The average Bonchev–Trinajstić information content (AvgIpc) is 3.21. The Morgan fingerprint density at radius 2 is 2.19 bits per heavy atom. The van der Waals surface area contributed by atoms with Gasteiger partial charge in [-0.25, -0.2) is 13.4 Å². The van der Waals surface area contributed by atoms with Crippen LogP contribution in [0.3, 0.4) is 0 Å². The number of nitrogens with zero attached hydrogens (tertiary/aromatic N) is 3. The minimum atomic E-state index is -3.17. The van der Waals surface area contributed by atoms with Gasteiger partial charge in [0, 0.05) is 12.7 Å². The molecule has 0 aromatic carbocycles. The van der Waals surface area contributed by atoms with Crippen LogP contribution in [0.25, 0.3) is 11.7 Å². The summed E-state index contributed by atoms with van der Waals surface area (Å²) in [4.78, 5) is 32.5. The van der Waals surface area contributed by atoms with Gasteiger partial charge >= 0.3 is 0 Å². The van der Waals surface area contributed by atoms with E-state index < -0.39 is 15.9 Å². The quantitative estimate of drug-likeness (QED) is 0.397. The Hall–Kier alpha value is -2.50. The number of hydrogen-bond donors (Lipinski definition) is 1. The van der Waals surface area contributed by atoms with Crippen molar-refractivity contribution >= 4 is 61.6 Å². The van der Waals surface area contributed by atoms with E-state index in [1.54, 1.807) is 18.3 Å². The second kappa shape index (κ2) is 8.21. The number of nitrogens with one attached hydrogen (secondary N) is 1. The van der Waals surface area contributed by atoms with Gasteiger partial charge in [0.05, 0.1) is 28.0 Å². The van der Waals surface area contributed by atoms with Crippen molar-refractivity contribution in [1.82, 2.24) is 14.3 Å². The number of rotatable bonds is 5. The zero-order valence-electron chi connectivity index (χ0n) is 16.7. The van der Waals surface area contributed by atoms with Gasteiger partial charge in [0.25, 0.3) is 11.5 Å². The summed E-state index contributed by atoms with van der Waals surface area (Å²) in [6.45, 7) is 5.92. The molecule has 4 rings (SSSR count). The molecule has 0 radical (unpaired) electrons. The van der Waals surface area contributed by atoms with E-state index in [4.69, 9.17) is 12.2 Å². The molecule has 2 aromatic heterocycles. The number of pyridine rings is 1. The van der Waals surface area contributed by atoms with Crippen molar-refractivity contribution in [3.05, 3.63) is 57.4 Å². The van der Waals surface area contributed by atoms with E-state index in [2.05, 4.69) is 16.9 Å². The van der Waals surface area contributed by atoms with Crippen molar-refractivity contribution in [3.8, 4) is 0 Å². The van der Waals surface area contributed by atoms with Crippen LogP contribution in [-0.2, 0) is 14.6 Å². The van der Waals surface area contributed by atoms with Gasteiger partial charge in [-0.2, -0.15) is 0 Å². The molecule has 1 unspecified atom stereocenters. The number of carbonyl (C=O) groups excluding carboxylic acids is 1. The number of aromatic nitrogens is 2. The van der Waals surface area contributed by atoms with Crippen LogP contribution < -0.4 is 10.9 Å². The summed E-state index contributed by atoms with van der Waals surface area (Å²) >= 11 is 6.42. The number of carbonyl (C=O) groups is 1. The van der Waals surface area contributed by atoms with Crippen LogP contribution in [0.15, 0.2) is 40.7 Å². The summed E-state index contributed by atoms with van der Waals surface area (Å²) in [5.74, 6) is -0.106. The molecule has 8 nitrogen and oxygen atoms in total. The number of amides is 1. The Labute approximate surface area is 189 Å². The standard InChI is InChI=1S/C20H20N4O4S3/c1-3-7-21-16-14(18(25)23-8-4-5-12(2)17(23)22-16)10-15-19(26)24(20(29)30-15)13-6-9-31(27,28)11-13/h3-5,8,10,13,21H,1,6-7,9,11H2,2H3. The van der Waals surface area contributed by atoms with E-state index in [-0.39, 0.29) is 33.4 Å². The molecule has 162 valence electrons. The number of hydrogen-bond acceptors (Lipinski definition) is 8. The van der Waals surface area contributed by atoms with Crippen LogP contribution in [0.4, 0.5) is 5.82 Å². The lowest BCUT2D eigenvalue weighted by Crippen LogP contribution is -2.39. The molecule has 1 atom stereocenters. The second-order valence-electron chi connectivity index (χ2n) is 7.34. The molecule has 2 aliphatic heterocycles. The third-order valence-electron chi connectivity index (χ3n) is 5.17. The van der Waals surface area contributed by atoms with Gasteiger partial charge in [-0.15, -0.1) is 6.58 Å². The Morgan fingerprint density at radius 1 is 1.42 bits per heavy atom. The monoisotopic (exact) mass is 476 g/mol. The fourth-order valence-electron chi connectivity index (χ4n) is 3.65. The number of aryl methyl sites for hydroxylation is 1. The van der Waals surface area contributed by atoms with Crippen LogP contribution in [-0.4, -0.2) is 57.0 Å². The van der Waals surface area contributed by atoms with Gasteiger partial charge in [0.2, 0.25) is 0 Å². The van der Waals surface area contributed by atoms with E-state index in [9.17, 15) is 18.0 Å². The van der Waals surface area contributed by atoms with Gasteiger partial charge in [-0.1, -0.05) is 36.1 Å². The minimum Gasteiger partial charge on any atom is -0.366 e. The molecule has 1 amide bonds. The van der Waals surface area contributed by atoms with Gasteiger partial charge < -0.3 is 5.32 Å². The molecule has 1 N–H and O–H groups in total. The van der Waals surface area contributed by atoms with E-state index in [0.29, 0.717) is 28.8 Å². The summed E-state index contributed by atoms with van der Waals surface area (Å²) in [6, 6.07) is 3.14. The molecule has 4 heterocycles. The van der Waals surface area contributed by atoms with Gasteiger partial charge in [-0.05, 0) is 31.1 Å². The van der Waals surface area contributed by atoms with Crippen LogP contribution in [0.5, 0.6) is 0 Å². The zero-order chi connectivity index (χ0) is 22.3. The first kappa shape index (κ1) is 21.7. The predicted molar refractivity (Wildman–Crippen MR) is 127 cm³/mol. The highest BCUT2D eigenvalue weighted by atomic mass is 32.2. The molecular formula is C20H20N4O4S3. The molecule has 2 aliphatic rings. The zero-order valence-corrected chi connectivity index (χ0v) is 19.1. The van der Waals surface area contributed by atoms with Gasteiger partial charge in [0.1, 0.15) is 15.8 Å². The lowest BCUT2D eigenvalue weighted by Gasteiger charge is -2.20.